The van der Waals surface area contributed by atoms with Gasteiger partial charge in [-0.05, 0) is 69.2 Å². The van der Waals surface area contributed by atoms with Gasteiger partial charge in [0.05, 0.1) is 6.10 Å². The molecule has 1 fully saturated rings. The highest BCUT2D eigenvalue weighted by atomic mass is 16.3. The Morgan fingerprint density at radius 3 is 2.22 bits per heavy atom. The van der Waals surface area contributed by atoms with E-state index in [0.29, 0.717) is 6.04 Å². The van der Waals surface area contributed by atoms with Crippen LogP contribution in [0.3, 0.4) is 0 Å². The number of hydrogen-bond donors (Lipinski definition) is 1. The van der Waals surface area contributed by atoms with E-state index in [0.717, 1.165) is 25.7 Å². The predicted octanol–water partition coefficient (Wildman–Crippen LogP) is 3.35. The lowest BCUT2D eigenvalue weighted by molar-refractivity contribution is 0.122. The SMILES string of the molecule is Cc1ccc(N(C)C2CCC(O)CC2)c(C)c1C. The zero-order chi connectivity index (χ0) is 13.3. The van der Waals surface area contributed by atoms with Crippen molar-refractivity contribution < 1.29 is 5.11 Å². The Balaban J connectivity index is 2.18. The lowest BCUT2D eigenvalue weighted by Crippen LogP contribution is -2.36. The Morgan fingerprint density at radius 1 is 1.00 bits per heavy atom. The summed E-state index contributed by atoms with van der Waals surface area (Å²) in [5.41, 5.74) is 5.50. The van der Waals surface area contributed by atoms with Crippen LogP contribution >= 0.6 is 0 Å². The van der Waals surface area contributed by atoms with Gasteiger partial charge in [0, 0.05) is 18.8 Å². The van der Waals surface area contributed by atoms with Crippen molar-refractivity contribution in [2.24, 2.45) is 0 Å². The second kappa shape index (κ2) is 5.31. The van der Waals surface area contributed by atoms with Crippen LogP contribution in [0.15, 0.2) is 12.1 Å². The summed E-state index contributed by atoms with van der Waals surface area (Å²) in [6, 6.07) is 5.03. The molecular weight excluding hydrogens is 222 g/mol. The molecule has 18 heavy (non-hydrogen) atoms. The maximum absolute atomic E-state index is 9.60. The maximum atomic E-state index is 9.60. The van der Waals surface area contributed by atoms with Crippen molar-refractivity contribution in [3.05, 3.63) is 28.8 Å². The monoisotopic (exact) mass is 247 g/mol. The van der Waals surface area contributed by atoms with Gasteiger partial charge in [-0.1, -0.05) is 6.07 Å². The fourth-order valence-electron chi connectivity index (χ4n) is 2.97. The van der Waals surface area contributed by atoms with Crippen molar-refractivity contribution in [3.8, 4) is 0 Å². The van der Waals surface area contributed by atoms with Gasteiger partial charge >= 0.3 is 0 Å². The molecule has 1 saturated carbocycles. The Morgan fingerprint density at radius 2 is 1.61 bits per heavy atom. The second-order valence-electron chi connectivity index (χ2n) is 5.72. The summed E-state index contributed by atoms with van der Waals surface area (Å²) in [4.78, 5) is 2.41. The van der Waals surface area contributed by atoms with E-state index in [1.165, 1.54) is 22.4 Å². The summed E-state index contributed by atoms with van der Waals surface area (Å²) in [7, 11) is 2.19. The molecule has 2 nitrogen and oxygen atoms in total. The molecule has 0 heterocycles. The van der Waals surface area contributed by atoms with E-state index >= 15 is 0 Å². The first-order chi connectivity index (χ1) is 8.50. The van der Waals surface area contributed by atoms with Gasteiger partial charge in [0.25, 0.3) is 0 Å². The zero-order valence-corrected chi connectivity index (χ0v) is 12.0. The minimum atomic E-state index is -0.0736. The molecule has 0 amide bonds. The lowest BCUT2D eigenvalue weighted by atomic mass is 9.91. The molecule has 2 rings (SSSR count). The number of anilines is 1. The molecule has 0 spiro atoms. The van der Waals surface area contributed by atoms with Gasteiger partial charge < -0.3 is 10.0 Å². The largest absolute Gasteiger partial charge is 0.393 e. The third-order valence-electron chi connectivity index (χ3n) is 4.62. The van der Waals surface area contributed by atoms with Crippen molar-refractivity contribution in [1.29, 1.82) is 0 Å². The highest BCUT2D eigenvalue weighted by molar-refractivity contribution is 5.58. The molecule has 0 bridgehead atoms. The number of nitrogens with zero attached hydrogens (tertiary/aromatic N) is 1. The molecule has 1 aliphatic rings. The summed E-state index contributed by atoms with van der Waals surface area (Å²) in [6.45, 7) is 6.58. The van der Waals surface area contributed by atoms with E-state index in [1.54, 1.807) is 0 Å². The van der Waals surface area contributed by atoms with E-state index in [2.05, 4.69) is 44.9 Å². The molecule has 1 N–H and O–H groups in total. The van der Waals surface area contributed by atoms with Crippen LogP contribution in [-0.2, 0) is 0 Å². The highest BCUT2D eigenvalue weighted by Crippen LogP contribution is 2.30. The van der Waals surface area contributed by atoms with Crippen LogP contribution < -0.4 is 4.90 Å². The lowest BCUT2D eigenvalue weighted by Gasteiger charge is -2.35. The summed E-state index contributed by atoms with van der Waals surface area (Å²) in [5.74, 6) is 0. The Labute approximate surface area is 111 Å². The van der Waals surface area contributed by atoms with Gasteiger partial charge in [-0.2, -0.15) is 0 Å². The minimum absolute atomic E-state index is 0.0736. The average molecular weight is 247 g/mol. The third kappa shape index (κ3) is 2.54. The van der Waals surface area contributed by atoms with Crippen LogP contribution in [0.4, 0.5) is 5.69 Å². The number of aliphatic hydroxyl groups excluding tert-OH is 1. The topological polar surface area (TPSA) is 23.5 Å². The molecule has 0 aliphatic heterocycles. The first-order valence-corrected chi connectivity index (χ1v) is 6.98. The Hall–Kier alpha value is -1.02. The number of aryl methyl sites for hydroxylation is 1. The summed E-state index contributed by atoms with van der Waals surface area (Å²) < 4.78 is 0. The van der Waals surface area contributed by atoms with Gasteiger partial charge in [0.15, 0.2) is 0 Å². The standard InChI is InChI=1S/C16H25NO/c1-11-5-10-16(13(3)12(11)2)17(4)14-6-8-15(18)9-7-14/h5,10,14-15,18H,6-9H2,1-4H3. The number of aliphatic hydroxyl groups is 1. The highest BCUT2D eigenvalue weighted by Gasteiger charge is 2.23. The van der Waals surface area contributed by atoms with Crippen LogP contribution in [0.25, 0.3) is 0 Å². The molecule has 2 heteroatoms. The summed E-state index contributed by atoms with van der Waals surface area (Å²) in [6.07, 6.45) is 4.02. The van der Waals surface area contributed by atoms with Gasteiger partial charge in [0.2, 0.25) is 0 Å². The number of rotatable bonds is 2. The van der Waals surface area contributed by atoms with Gasteiger partial charge in [-0.15, -0.1) is 0 Å². The number of benzene rings is 1. The number of hydrogen-bond acceptors (Lipinski definition) is 2. The molecule has 0 radical (unpaired) electrons. The van der Waals surface area contributed by atoms with E-state index < -0.39 is 0 Å². The molecule has 0 unspecified atom stereocenters. The minimum Gasteiger partial charge on any atom is -0.393 e. The summed E-state index contributed by atoms with van der Waals surface area (Å²) >= 11 is 0. The van der Waals surface area contributed by atoms with Gasteiger partial charge in [-0.3, -0.25) is 0 Å². The van der Waals surface area contributed by atoms with E-state index in [1.807, 2.05) is 0 Å². The molecule has 0 atom stereocenters. The zero-order valence-electron chi connectivity index (χ0n) is 12.0. The van der Waals surface area contributed by atoms with Crippen LogP contribution in [-0.4, -0.2) is 24.3 Å². The average Bonchev–Trinajstić information content (AvgIpc) is 2.36. The van der Waals surface area contributed by atoms with Crippen LogP contribution in [0, 0.1) is 20.8 Å². The van der Waals surface area contributed by atoms with Crippen molar-refractivity contribution in [2.75, 3.05) is 11.9 Å². The van der Waals surface area contributed by atoms with Crippen molar-refractivity contribution in [2.45, 2.75) is 58.6 Å². The molecule has 1 aliphatic carbocycles. The normalized spacial score (nSPS) is 24.1. The first kappa shape index (κ1) is 13.4. The van der Waals surface area contributed by atoms with E-state index in [-0.39, 0.29) is 6.10 Å². The predicted molar refractivity (Wildman–Crippen MR) is 77.3 cm³/mol. The third-order valence-corrected chi connectivity index (χ3v) is 4.62. The first-order valence-electron chi connectivity index (χ1n) is 6.98. The molecule has 1 aromatic carbocycles. The second-order valence-corrected chi connectivity index (χ2v) is 5.72. The van der Waals surface area contributed by atoms with Crippen molar-refractivity contribution >= 4 is 5.69 Å². The van der Waals surface area contributed by atoms with Crippen molar-refractivity contribution in [3.63, 3.8) is 0 Å². The van der Waals surface area contributed by atoms with E-state index in [9.17, 15) is 5.11 Å². The van der Waals surface area contributed by atoms with Crippen LogP contribution in [0.2, 0.25) is 0 Å². The molecule has 0 aromatic heterocycles. The van der Waals surface area contributed by atoms with Gasteiger partial charge in [0.1, 0.15) is 0 Å². The van der Waals surface area contributed by atoms with Crippen molar-refractivity contribution in [1.82, 2.24) is 0 Å². The summed E-state index contributed by atoms with van der Waals surface area (Å²) in [5, 5.41) is 9.60. The van der Waals surface area contributed by atoms with Gasteiger partial charge in [-0.25, -0.2) is 0 Å². The van der Waals surface area contributed by atoms with Crippen LogP contribution in [0.1, 0.15) is 42.4 Å². The smallest absolute Gasteiger partial charge is 0.0541 e. The molecule has 1 aromatic rings. The molecule has 100 valence electrons. The fourth-order valence-corrected chi connectivity index (χ4v) is 2.97. The molecule has 0 saturated heterocycles. The Bertz CT molecular complexity index is 419. The Kier molecular flexibility index (Phi) is 3.96. The quantitative estimate of drug-likeness (QED) is 0.866. The molecular formula is C16H25NO. The maximum Gasteiger partial charge on any atom is 0.0541 e. The fraction of sp³-hybridized carbons (Fsp3) is 0.625. The van der Waals surface area contributed by atoms with E-state index in [4.69, 9.17) is 0 Å². The van der Waals surface area contributed by atoms with Crippen LogP contribution in [0.5, 0.6) is 0 Å².